The third-order valence-corrected chi connectivity index (χ3v) is 4.70. The number of nitrogens with zero attached hydrogens (tertiary/aromatic N) is 4. The Hall–Kier alpha value is -2.96. The molecule has 1 aliphatic carbocycles. The minimum atomic E-state index is -0.393. The number of benzene rings is 1. The molecule has 1 N–H and O–H groups in total. The fraction of sp³-hybridized carbons (Fsp3) is 0.333. The highest BCUT2D eigenvalue weighted by atomic mass is 16.6. The van der Waals surface area contributed by atoms with Gasteiger partial charge in [-0.3, -0.25) is 14.5 Å². The molecule has 1 aromatic carbocycles. The van der Waals surface area contributed by atoms with Crippen molar-refractivity contribution in [2.24, 2.45) is 0 Å². The molecule has 1 aliphatic rings. The van der Waals surface area contributed by atoms with Crippen LogP contribution in [0.25, 0.3) is 17.0 Å². The second-order valence-electron chi connectivity index (χ2n) is 6.38. The molecule has 25 heavy (non-hydrogen) atoms. The third kappa shape index (κ3) is 3.05. The van der Waals surface area contributed by atoms with Crippen molar-refractivity contribution < 1.29 is 4.92 Å². The lowest BCUT2D eigenvalue weighted by Crippen LogP contribution is -2.23. The topological polar surface area (TPSA) is 85.4 Å². The molecule has 0 saturated heterocycles. The molecule has 1 fully saturated rings. The van der Waals surface area contributed by atoms with Crippen LogP contribution in [-0.4, -0.2) is 25.3 Å². The van der Waals surface area contributed by atoms with Crippen LogP contribution in [0.4, 0.5) is 11.5 Å². The maximum atomic E-state index is 10.9. The summed E-state index contributed by atoms with van der Waals surface area (Å²) in [7, 11) is 0. The summed E-state index contributed by atoms with van der Waals surface area (Å²) < 4.78 is 1.95. The van der Waals surface area contributed by atoms with Crippen LogP contribution in [0.3, 0.4) is 0 Å². The lowest BCUT2D eigenvalue weighted by atomic mass is 9.95. The van der Waals surface area contributed by atoms with Crippen molar-refractivity contribution in [3.63, 3.8) is 0 Å². The van der Waals surface area contributed by atoms with Crippen LogP contribution < -0.4 is 5.32 Å². The number of rotatable bonds is 4. The van der Waals surface area contributed by atoms with Crippen molar-refractivity contribution in [1.29, 1.82) is 0 Å². The van der Waals surface area contributed by atoms with E-state index in [0.29, 0.717) is 11.8 Å². The number of aromatic nitrogens is 3. The molecule has 0 unspecified atom stereocenters. The quantitative estimate of drug-likeness (QED) is 0.573. The van der Waals surface area contributed by atoms with Gasteiger partial charge in [0.2, 0.25) is 5.78 Å². The molecule has 0 atom stereocenters. The first-order valence-corrected chi connectivity index (χ1v) is 8.57. The second-order valence-corrected chi connectivity index (χ2v) is 6.38. The Bertz CT molecular complexity index is 897. The summed E-state index contributed by atoms with van der Waals surface area (Å²) in [4.78, 5) is 19.5. The first-order chi connectivity index (χ1) is 12.2. The fourth-order valence-electron chi connectivity index (χ4n) is 3.41. The van der Waals surface area contributed by atoms with Gasteiger partial charge in [0.1, 0.15) is 11.5 Å². The number of imidazole rings is 1. The predicted octanol–water partition coefficient (Wildman–Crippen LogP) is 4.05. The monoisotopic (exact) mass is 337 g/mol. The van der Waals surface area contributed by atoms with E-state index in [9.17, 15) is 10.1 Å². The molecule has 3 aromatic rings. The van der Waals surface area contributed by atoms with Gasteiger partial charge in [-0.05, 0) is 31.0 Å². The lowest BCUT2D eigenvalue weighted by Gasteiger charge is -2.24. The molecule has 2 aromatic heterocycles. The minimum absolute atomic E-state index is 0.0763. The van der Waals surface area contributed by atoms with Crippen molar-refractivity contribution in [2.45, 2.75) is 38.1 Å². The van der Waals surface area contributed by atoms with E-state index in [4.69, 9.17) is 0 Å². The summed E-state index contributed by atoms with van der Waals surface area (Å²) in [5, 5.41) is 14.5. The zero-order valence-corrected chi connectivity index (χ0v) is 13.8. The number of nitro groups is 1. The molecule has 0 amide bonds. The molecule has 0 bridgehead atoms. The highest BCUT2D eigenvalue weighted by Gasteiger charge is 2.20. The number of hydrogen-bond donors (Lipinski definition) is 1. The summed E-state index contributed by atoms with van der Waals surface area (Å²) in [6.07, 6.45) is 9.71. The highest BCUT2D eigenvalue weighted by molar-refractivity contribution is 5.76. The molecule has 0 radical (unpaired) electrons. The Labute approximate surface area is 144 Å². The van der Waals surface area contributed by atoms with Crippen molar-refractivity contribution in [3.05, 3.63) is 52.8 Å². The summed E-state index contributed by atoms with van der Waals surface area (Å²) in [5.41, 5.74) is 1.70. The molecule has 2 heterocycles. The lowest BCUT2D eigenvalue weighted by molar-refractivity contribution is -0.384. The van der Waals surface area contributed by atoms with Crippen LogP contribution in [0.15, 0.2) is 42.7 Å². The standard InChI is InChI=1S/C18H19N5O2/c24-23(25)15-9-7-13(8-10-15)16-17(20-14-5-2-1-3-6-14)22-12-4-11-19-18(22)21-16/h4,7-12,14,20H,1-3,5-6H2. The van der Waals surface area contributed by atoms with E-state index in [0.717, 1.165) is 29.9 Å². The van der Waals surface area contributed by atoms with Crippen LogP contribution >= 0.6 is 0 Å². The van der Waals surface area contributed by atoms with Crippen molar-refractivity contribution in [3.8, 4) is 11.3 Å². The van der Waals surface area contributed by atoms with Crippen molar-refractivity contribution >= 4 is 17.3 Å². The normalized spacial score (nSPS) is 15.4. The molecule has 0 aliphatic heterocycles. The molecule has 0 spiro atoms. The Morgan fingerprint density at radius 2 is 1.92 bits per heavy atom. The van der Waals surface area contributed by atoms with E-state index >= 15 is 0 Å². The van der Waals surface area contributed by atoms with E-state index in [2.05, 4.69) is 15.3 Å². The molecule has 7 nitrogen and oxygen atoms in total. The van der Waals surface area contributed by atoms with E-state index in [1.54, 1.807) is 18.3 Å². The number of hydrogen-bond acceptors (Lipinski definition) is 5. The predicted molar refractivity (Wildman–Crippen MR) is 95.6 cm³/mol. The summed E-state index contributed by atoms with van der Waals surface area (Å²) in [6.45, 7) is 0. The van der Waals surface area contributed by atoms with Crippen molar-refractivity contribution in [2.75, 3.05) is 5.32 Å². The Morgan fingerprint density at radius 3 is 2.64 bits per heavy atom. The van der Waals surface area contributed by atoms with Crippen LogP contribution in [0.2, 0.25) is 0 Å². The summed E-state index contributed by atoms with van der Waals surface area (Å²) >= 11 is 0. The number of nitrogens with one attached hydrogen (secondary N) is 1. The van der Waals surface area contributed by atoms with Crippen LogP contribution in [0.1, 0.15) is 32.1 Å². The van der Waals surface area contributed by atoms with Gasteiger partial charge in [0.25, 0.3) is 5.69 Å². The van der Waals surface area contributed by atoms with Gasteiger partial charge in [-0.15, -0.1) is 0 Å². The van der Waals surface area contributed by atoms with E-state index in [-0.39, 0.29) is 5.69 Å². The average Bonchev–Trinajstić information content (AvgIpc) is 3.01. The SMILES string of the molecule is O=[N+]([O-])c1ccc(-c2nc3ncccn3c2NC2CCCCC2)cc1. The molecule has 4 rings (SSSR count). The molecular formula is C18H19N5O2. The van der Waals surface area contributed by atoms with Gasteiger partial charge in [0.15, 0.2) is 0 Å². The Kier molecular flexibility index (Phi) is 4.05. The van der Waals surface area contributed by atoms with E-state index < -0.39 is 4.92 Å². The van der Waals surface area contributed by atoms with Gasteiger partial charge < -0.3 is 5.32 Å². The maximum Gasteiger partial charge on any atom is 0.269 e. The zero-order chi connectivity index (χ0) is 17.2. The number of non-ortho nitro benzene ring substituents is 1. The van der Waals surface area contributed by atoms with Gasteiger partial charge in [-0.25, -0.2) is 9.97 Å². The Balaban J connectivity index is 1.76. The van der Waals surface area contributed by atoms with Crippen LogP contribution in [0.5, 0.6) is 0 Å². The minimum Gasteiger partial charge on any atom is -0.367 e. The molecule has 128 valence electrons. The summed E-state index contributed by atoms with van der Waals surface area (Å²) in [5.74, 6) is 1.53. The molecule has 7 heteroatoms. The van der Waals surface area contributed by atoms with Gasteiger partial charge in [-0.1, -0.05) is 19.3 Å². The van der Waals surface area contributed by atoms with E-state index in [1.165, 1.54) is 31.4 Å². The van der Waals surface area contributed by atoms with Gasteiger partial charge in [0, 0.05) is 36.1 Å². The fourth-order valence-corrected chi connectivity index (χ4v) is 3.41. The number of fused-ring (bicyclic) bond motifs is 1. The van der Waals surface area contributed by atoms with Gasteiger partial charge >= 0.3 is 0 Å². The highest BCUT2D eigenvalue weighted by Crippen LogP contribution is 2.31. The second kappa shape index (κ2) is 6.51. The largest absolute Gasteiger partial charge is 0.367 e. The maximum absolute atomic E-state index is 10.9. The van der Waals surface area contributed by atoms with Crippen LogP contribution in [0, 0.1) is 10.1 Å². The number of anilines is 1. The smallest absolute Gasteiger partial charge is 0.269 e. The summed E-state index contributed by atoms with van der Waals surface area (Å²) in [6, 6.07) is 8.80. The van der Waals surface area contributed by atoms with E-state index in [1.807, 2.05) is 16.7 Å². The molecule has 1 saturated carbocycles. The van der Waals surface area contributed by atoms with Gasteiger partial charge in [0.05, 0.1) is 4.92 Å². The van der Waals surface area contributed by atoms with Crippen molar-refractivity contribution in [1.82, 2.24) is 14.4 Å². The number of nitro benzene ring substituents is 1. The average molecular weight is 337 g/mol. The Morgan fingerprint density at radius 1 is 1.16 bits per heavy atom. The van der Waals surface area contributed by atoms with Gasteiger partial charge in [-0.2, -0.15) is 0 Å². The van der Waals surface area contributed by atoms with Crippen LogP contribution in [-0.2, 0) is 0 Å². The zero-order valence-electron chi connectivity index (χ0n) is 13.8. The first kappa shape index (κ1) is 15.6. The molecular weight excluding hydrogens is 318 g/mol. The first-order valence-electron chi connectivity index (χ1n) is 8.57. The third-order valence-electron chi connectivity index (χ3n) is 4.70.